The molecule has 1 aromatic carbocycles. The minimum atomic E-state index is -0.275. The molecular weight excluding hydrogens is 250 g/mol. The number of carbonyl (C=O) groups excluding carboxylic acids is 1. The van der Waals surface area contributed by atoms with Crippen molar-refractivity contribution in [3.05, 3.63) is 23.8 Å². The number of ether oxygens (including phenoxy) is 4. The number of hydrogen-bond donors (Lipinski definition) is 0. The molecule has 1 rings (SSSR count). The molecule has 0 spiro atoms. The Hall–Kier alpha value is -2.10. The first-order valence-electron chi connectivity index (χ1n) is 5.50. The molecule has 102 valence electrons. The van der Waals surface area contributed by atoms with Crippen molar-refractivity contribution in [3.8, 4) is 17.6 Å². The van der Waals surface area contributed by atoms with E-state index < -0.39 is 0 Å². The van der Waals surface area contributed by atoms with E-state index in [-0.39, 0.29) is 25.8 Å². The Morgan fingerprint density at radius 2 is 1.79 bits per heavy atom. The summed E-state index contributed by atoms with van der Waals surface area (Å²) in [5.74, 6) is 0.526. The van der Waals surface area contributed by atoms with Gasteiger partial charge < -0.3 is 18.9 Å². The fourth-order valence-electron chi connectivity index (χ4n) is 1.33. The smallest absolute Gasteiger partial charge is 0.188 e. The molecule has 0 aliphatic heterocycles. The molecule has 0 amide bonds. The molecule has 0 N–H and O–H groups in total. The highest BCUT2D eigenvalue weighted by Gasteiger charge is 2.11. The second-order valence-corrected chi connectivity index (χ2v) is 3.52. The number of rotatable bonds is 8. The van der Waals surface area contributed by atoms with Crippen LogP contribution >= 0.6 is 0 Å². The summed E-state index contributed by atoms with van der Waals surface area (Å²) in [6, 6.07) is 6.49. The lowest BCUT2D eigenvalue weighted by atomic mass is 10.1. The predicted molar refractivity (Wildman–Crippen MR) is 66.0 cm³/mol. The predicted octanol–water partition coefficient (Wildman–Crippen LogP) is 1.75. The number of nitriles is 1. The van der Waals surface area contributed by atoms with Crippen molar-refractivity contribution in [1.29, 1.82) is 5.26 Å². The van der Waals surface area contributed by atoms with Gasteiger partial charge in [0.2, 0.25) is 0 Å². The van der Waals surface area contributed by atoms with Crippen molar-refractivity contribution >= 4 is 5.78 Å². The first kappa shape index (κ1) is 15.0. The molecule has 6 heteroatoms. The Kier molecular flexibility index (Phi) is 6.36. The molecule has 1 aromatic rings. The summed E-state index contributed by atoms with van der Waals surface area (Å²) in [4.78, 5) is 11.6. The first-order chi connectivity index (χ1) is 9.22. The standard InChI is InChI=1S/C13H15NO5/c1-16-8-18-12-4-3-10(11(15)5-6-14)7-13(12)19-9-17-2/h3-4,7H,5,8-9H2,1-2H3. The number of hydrogen-bond acceptors (Lipinski definition) is 6. The van der Waals surface area contributed by atoms with Crippen LogP contribution < -0.4 is 9.47 Å². The van der Waals surface area contributed by atoms with Gasteiger partial charge in [-0.3, -0.25) is 4.79 Å². The number of ketones is 1. The van der Waals surface area contributed by atoms with Gasteiger partial charge in [-0.1, -0.05) is 0 Å². The lowest BCUT2D eigenvalue weighted by molar-refractivity contribution is 0.0322. The molecule has 0 unspecified atom stereocenters. The van der Waals surface area contributed by atoms with Gasteiger partial charge in [0.05, 0.1) is 12.5 Å². The lowest BCUT2D eigenvalue weighted by Gasteiger charge is -2.12. The number of nitrogens with zero attached hydrogens (tertiary/aromatic N) is 1. The summed E-state index contributed by atoms with van der Waals surface area (Å²) in [6.45, 7) is 0.0913. The largest absolute Gasteiger partial charge is 0.464 e. The summed E-state index contributed by atoms with van der Waals surface area (Å²) < 4.78 is 20.2. The first-order valence-corrected chi connectivity index (χ1v) is 5.50. The molecule has 0 aliphatic rings. The van der Waals surface area contributed by atoms with E-state index in [1.807, 2.05) is 6.07 Å². The van der Waals surface area contributed by atoms with Crippen LogP contribution in [0.5, 0.6) is 11.5 Å². The molecular formula is C13H15NO5. The quantitative estimate of drug-likeness (QED) is 0.526. The highest BCUT2D eigenvalue weighted by Crippen LogP contribution is 2.29. The SMILES string of the molecule is COCOc1ccc(C(=O)CC#N)cc1OCOC. The lowest BCUT2D eigenvalue weighted by Crippen LogP contribution is -2.06. The van der Waals surface area contributed by atoms with Crippen LogP contribution in [0.25, 0.3) is 0 Å². The average molecular weight is 265 g/mol. The molecule has 0 aliphatic carbocycles. The minimum absolute atomic E-state index is 0.0270. The molecule has 0 atom stereocenters. The third-order valence-corrected chi connectivity index (χ3v) is 2.17. The highest BCUT2D eigenvalue weighted by molar-refractivity contribution is 5.97. The van der Waals surface area contributed by atoms with Crippen molar-refractivity contribution < 1.29 is 23.7 Å². The highest BCUT2D eigenvalue weighted by atomic mass is 16.7. The van der Waals surface area contributed by atoms with Gasteiger partial charge in [0.1, 0.15) is 0 Å². The van der Waals surface area contributed by atoms with Crippen molar-refractivity contribution in [2.45, 2.75) is 6.42 Å². The van der Waals surface area contributed by atoms with Crippen molar-refractivity contribution in [2.75, 3.05) is 27.8 Å². The summed E-state index contributed by atoms with van der Waals surface area (Å²) in [7, 11) is 2.99. The van der Waals surface area contributed by atoms with E-state index in [1.165, 1.54) is 20.3 Å². The van der Waals surface area contributed by atoms with Gasteiger partial charge in [-0.15, -0.1) is 0 Å². The molecule has 19 heavy (non-hydrogen) atoms. The van der Waals surface area contributed by atoms with Crippen molar-refractivity contribution in [1.82, 2.24) is 0 Å². The van der Waals surface area contributed by atoms with Crippen LogP contribution in [0.1, 0.15) is 16.8 Å². The zero-order valence-electron chi connectivity index (χ0n) is 10.8. The number of carbonyl (C=O) groups is 1. The monoisotopic (exact) mass is 265 g/mol. The van der Waals surface area contributed by atoms with Crippen LogP contribution in [-0.4, -0.2) is 33.6 Å². The third-order valence-electron chi connectivity index (χ3n) is 2.17. The minimum Gasteiger partial charge on any atom is -0.464 e. The molecule has 6 nitrogen and oxygen atoms in total. The zero-order valence-corrected chi connectivity index (χ0v) is 10.8. The molecule has 0 fully saturated rings. The van der Waals surface area contributed by atoms with Crippen molar-refractivity contribution in [3.63, 3.8) is 0 Å². The maximum Gasteiger partial charge on any atom is 0.188 e. The van der Waals surface area contributed by atoms with E-state index >= 15 is 0 Å². The molecule has 0 saturated carbocycles. The molecule has 0 aromatic heterocycles. The summed E-state index contributed by atoms with van der Waals surface area (Å²) in [6.07, 6.45) is -0.179. The number of benzene rings is 1. The van der Waals surface area contributed by atoms with Gasteiger partial charge in [0.25, 0.3) is 0 Å². The maximum atomic E-state index is 11.6. The van der Waals surface area contributed by atoms with E-state index in [0.717, 1.165) is 0 Å². The fraction of sp³-hybridized carbons (Fsp3) is 0.385. The fourth-order valence-corrected chi connectivity index (χ4v) is 1.33. The second-order valence-electron chi connectivity index (χ2n) is 3.52. The molecule has 0 radical (unpaired) electrons. The summed E-state index contributed by atoms with van der Waals surface area (Å²) in [5.41, 5.74) is 0.386. The van der Waals surface area contributed by atoms with Gasteiger partial charge in [0.15, 0.2) is 30.9 Å². The van der Waals surface area contributed by atoms with Crippen LogP contribution in [0.2, 0.25) is 0 Å². The van der Waals surface area contributed by atoms with Crippen LogP contribution in [0.4, 0.5) is 0 Å². The van der Waals surface area contributed by atoms with Gasteiger partial charge >= 0.3 is 0 Å². The van der Waals surface area contributed by atoms with E-state index in [9.17, 15) is 4.79 Å². The van der Waals surface area contributed by atoms with E-state index in [4.69, 9.17) is 24.2 Å². The van der Waals surface area contributed by atoms with Crippen LogP contribution in [0.15, 0.2) is 18.2 Å². The summed E-state index contributed by atoms with van der Waals surface area (Å²) in [5, 5.41) is 8.52. The van der Waals surface area contributed by atoms with Crippen LogP contribution in [-0.2, 0) is 9.47 Å². The topological polar surface area (TPSA) is 77.8 Å². The molecule has 0 heterocycles. The Morgan fingerprint density at radius 1 is 1.16 bits per heavy atom. The maximum absolute atomic E-state index is 11.6. The Balaban J connectivity index is 2.93. The third kappa shape index (κ3) is 4.58. The van der Waals surface area contributed by atoms with Crippen molar-refractivity contribution in [2.24, 2.45) is 0 Å². The Labute approximate surface area is 111 Å². The normalized spacial score (nSPS) is 9.74. The van der Waals surface area contributed by atoms with Gasteiger partial charge in [0, 0.05) is 19.8 Å². The second kappa shape index (κ2) is 8.08. The van der Waals surface area contributed by atoms with E-state index in [0.29, 0.717) is 17.1 Å². The van der Waals surface area contributed by atoms with Gasteiger partial charge in [-0.25, -0.2) is 0 Å². The number of methoxy groups -OCH3 is 2. The van der Waals surface area contributed by atoms with Gasteiger partial charge in [-0.05, 0) is 18.2 Å². The van der Waals surface area contributed by atoms with E-state index in [2.05, 4.69) is 0 Å². The average Bonchev–Trinajstić information content (AvgIpc) is 2.43. The van der Waals surface area contributed by atoms with E-state index in [1.54, 1.807) is 12.1 Å². The van der Waals surface area contributed by atoms with Crippen LogP contribution in [0.3, 0.4) is 0 Å². The van der Waals surface area contributed by atoms with Gasteiger partial charge in [-0.2, -0.15) is 5.26 Å². The molecule has 0 bridgehead atoms. The summed E-state index contributed by atoms with van der Waals surface area (Å²) >= 11 is 0. The Morgan fingerprint density at radius 3 is 2.37 bits per heavy atom. The zero-order chi connectivity index (χ0) is 14.1. The Bertz CT molecular complexity index is 467. The molecule has 0 saturated heterocycles. The van der Waals surface area contributed by atoms with Crippen LogP contribution in [0, 0.1) is 11.3 Å². The number of Topliss-reactive ketones (excluding diaryl/α,β-unsaturated/α-hetero) is 1.